The Morgan fingerprint density at radius 1 is 1.23 bits per heavy atom. The van der Waals surface area contributed by atoms with E-state index in [2.05, 4.69) is 5.32 Å². The van der Waals surface area contributed by atoms with E-state index < -0.39 is 0 Å². The van der Waals surface area contributed by atoms with Crippen LogP contribution in [0.15, 0.2) is 29.8 Å². The number of carbonyl (C=O) groups is 3. The molecule has 2 aliphatic rings. The van der Waals surface area contributed by atoms with E-state index >= 15 is 0 Å². The Morgan fingerprint density at radius 3 is 2.77 bits per heavy atom. The molecule has 1 aromatic rings. The molecule has 2 amide bonds. The number of imide groups is 1. The number of hydrogen-bond donors (Lipinski definition) is 2. The Kier molecular flexibility index (Phi) is 3.90. The van der Waals surface area contributed by atoms with Crippen LogP contribution >= 0.6 is 0 Å². The second-order valence-electron chi connectivity index (χ2n) is 5.85. The van der Waals surface area contributed by atoms with Gasteiger partial charge in [-0.25, -0.2) is 0 Å². The zero-order valence-corrected chi connectivity index (χ0v) is 12.1. The standard InChI is InChI=1S/C17H17NO4/c19-9-10-1-2-12-5-11(8-15(20)14(12)7-10)6-13-3-4-16(21)18-17(13)22/h1-2,7-8,13,19H,3-6,9H2,(H,18,21,22). The van der Waals surface area contributed by atoms with Crippen LogP contribution in [-0.4, -0.2) is 22.7 Å². The van der Waals surface area contributed by atoms with Crippen LogP contribution in [0.4, 0.5) is 0 Å². The summed E-state index contributed by atoms with van der Waals surface area (Å²) in [6.45, 7) is -0.0899. The summed E-state index contributed by atoms with van der Waals surface area (Å²) in [4.78, 5) is 35.2. The summed E-state index contributed by atoms with van der Waals surface area (Å²) in [5.74, 6) is -0.795. The van der Waals surface area contributed by atoms with E-state index in [9.17, 15) is 14.4 Å². The number of benzene rings is 1. The summed E-state index contributed by atoms with van der Waals surface area (Å²) >= 11 is 0. The number of piperidine rings is 1. The smallest absolute Gasteiger partial charge is 0.229 e. The van der Waals surface area contributed by atoms with Crippen LogP contribution < -0.4 is 5.32 Å². The predicted molar refractivity (Wildman–Crippen MR) is 79.0 cm³/mol. The van der Waals surface area contributed by atoms with E-state index in [1.54, 1.807) is 18.2 Å². The molecular weight excluding hydrogens is 282 g/mol. The van der Waals surface area contributed by atoms with Gasteiger partial charge in [0.05, 0.1) is 6.61 Å². The molecule has 5 nitrogen and oxygen atoms in total. The zero-order valence-electron chi connectivity index (χ0n) is 12.1. The molecule has 3 rings (SSSR count). The molecule has 114 valence electrons. The van der Waals surface area contributed by atoms with E-state index in [-0.39, 0.29) is 30.1 Å². The lowest BCUT2D eigenvalue weighted by Gasteiger charge is -2.24. The Bertz CT molecular complexity index is 690. The van der Waals surface area contributed by atoms with Crippen LogP contribution in [0.25, 0.3) is 0 Å². The van der Waals surface area contributed by atoms with Gasteiger partial charge in [0.15, 0.2) is 5.78 Å². The second-order valence-corrected chi connectivity index (χ2v) is 5.85. The van der Waals surface area contributed by atoms with Crippen molar-refractivity contribution in [1.29, 1.82) is 0 Å². The van der Waals surface area contributed by atoms with Gasteiger partial charge in [-0.1, -0.05) is 17.7 Å². The summed E-state index contributed by atoms with van der Waals surface area (Å²) in [6, 6.07) is 5.38. The monoisotopic (exact) mass is 299 g/mol. The molecular formula is C17H17NO4. The van der Waals surface area contributed by atoms with Crippen molar-refractivity contribution in [3.63, 3.8) is 0 Å². The van der Waals surface area contributed by atoms with E-state index in [1.165, 1.54) is 0 Å². The minimum atomic E-state index is -0.244. The number of nitrogens with one attached hydrogen (secondary N) is 1. The maximum Gasteiger partial charge on any atom is 0.229 e. The van der Waals surface area contributed by atoms with Crippen molar-refractivity contribution in [1.82, 2.24) is 5.32 Å². The van der Waals surface area contributed by atoms with Crippen molar-refractivity contribution in [2.45, 2.75) is 32.3 Å². The summed E-state index contributed by atoms with van der Waals surface area (Å²) in [7, 11) is 0. The van der Waals surface area contributed by atoms with Gasteiger partial charge in [0.1, 0.15) is 0 Å². The van der Waals surface area contributed by atoms with Crippen molar-refractivity contribution in [3.05, 3.63) is 46.5 Å². The lowest BCUT2D eigenvalue weighted by atomic mass is 9.83. The summed E-state index contributed by atoms with van der Waals surface area (Å²) in [5, 5.41) is 11.5. The highest BCUT2D eigenvalue weighted by molar-refractivity contribution is 6.07. The third kappa shape index (κ3) is 2.85. The highest BCUT2D eigenvalue weighted by Gasteiger charge is 2.28. The second kappa shape index (κ2) is 5.85. The fraction of sp³-hybridized carbons (Fsp3) is 0.353. The quantitative estimate of drug-likeness (QED) is 0.824. The van der Waals surface area contributed by atoms with E-state index in [0.717, 1.165) is 11.1 Å². The van der Waals surface area contributed by atoms with E-state index in [4.69, 9.17) is 5.11 Å². The Morgan fingerprint density at radius 2 is 2.05 bits per heavy atom. The average molecular weight is 299 g/mol. The first-order valence-corrected chi connectivity index (χ1v) is 7.37. The van der Waals surface area contributed by atoms with Gasteiger partial charge in [-0.2, -0.15) is 0 Å². The largest absolute Gasteiger partial charge is 0.392 e. The van der Waals surface area contributed by atoms with Gasteiger partial charge in [-0.3, -0.25) is 19.7 Å². The molecule has 2 N–H and O–H groups in total. The number of fused-ring (bicyclic) bond motifs is 1. The minimum absolute atomic E-state index is 0.0844. The molecule has 22 heavy (non-hydrogen) atoms. The molecule has 0 aromatic heterocycles. The van der Waals surface area contributed by atoms with Crippen LogP contribution in [0.2, 0.25) is 0 Å². The number of aliphatic hydroxyl groups excluding tert-OH is 1. The lowest BCUT2D eigenvalue weighted by molar-refractivity contribution is -0.136. The van der Waals surface area contributed by atoms with Gasteiger partial charge >= 0.3 is 0 Å². The highest BCUT2D eigenvalue weighted by atomic mass is 16.3. The normalized spacial score (nSPS) is 21.2. The van der Waals surface area contributed by atoms with Crippen molar-refractivity contribution in [3.8, 4) is 0 Å². The summed E-state index contributed by atoms with van der Waals surface area (Å²) < 4.78 is 0. The first-order valence-electron chi connectivity index (χ1n) is 7.37. The maximum atomic E-state index is 12.2. The highest BCUT2D eigenvalue weighted by Crippen LogP contribution is 2.28. The topological polar surface area (TPSA) is 83.5 Å². The Balaban J connectivity index is 1.76. The third-order valence-electron chi connectivity index (χ3n) is 4.24. The van der Waals surface area contributed by atoms with Crippen molar-refractivity contribution >= 4 is 17.6 Å². The van der Waals surface area contributed by atoms with Crippen molar-refractivity contribution < 1.29 is 19.5 Å². The molecule has 1 fully saturated rings. The average Bonchev–Trinajstić information content (AvgIpc) is 2.50. The van der Waals surface area contributed by atoms with Crippen LogP contribution in [-0.2, 0) is 22.6 Å². The number of aliphatic hydroxyl groups is 1. The van der Waals surface area contributed by atoms with Gasteiger partial charge in [0.2, 0.25) is 11.8 Å². The lowest BCUT2D eigenvalue weighted by Crippen LogP contribution is -2.41. The summed E-state index contributed by atoms with van der Waals surface area (Å²) in [6.07, 6.45) is 3.62. The molecule has 0 saturated carbocycles. The molecule has 0 spiro atoms. The van der Waals surface area contributed by atoms with E-state index in [0.29, 0.717) is 36.8 Å². The minimum Gasteiger partial charge on any atom is -0.392 e. The van der Waals surface area contributed by atoms with Crippen LogP contribution in [0.1, 0.15) is 40.7 Å². The molecule has 1 atom stereocenters. The Labute approximate surface area is 128 Å². The van der Waals surface area contributed by atoms with E-state index in [1.807, 2.05) is 6.07 Å². The number of allylic oxidation sites excluding steroid dienone is 2. The van der Waals surface area contributed by atoms with Crippen LogP contribution in [0, 0.1) is 5.92 Å². The summed E-state index contributed by atoms with van der Waals surface area (Å²) in [5.41, 5.74) is 3.18. The molecule has 5 heteroatoms. The fourth-order valence-electron chi connectivity index (χ4n) is 3.05. The predicted octanol–water partition coefficient (Wildman–Crippen LogP) is 1.29. The van der Waals surface area contributed by atoms with Gasteiger partial charge in [-0.15, -0.1) is 0 Å². The number of ketones is 1. The van der Waals surface area contributed by atoms with Gasteiger partial charge in [0, 0.05) is 17.9 Å². The zero-order chi connectivity index (χ0) is 15.7. The van der Waals surface area contributed by atoms with Gasteiger partial charge in [0.25, 0.3) is 0 Å². The number of amides is 2. The van der Waals surface area contributed by atoms with Crippen molar-refractivity contribution in [2.24, 2.45) is 5.92 Å². The first-order chi connectivity index (χ1) is 10.6. The van der Waals surface area contributed by atoms with Crippen molar-refractivity contribution in [2.75, 3.05) is 0 Å². The molecule has 1 aromatic carbocycles. The molecule has 1 aliphatic carbocycles. The van der Waals surface area contributed by atoms with Crippen LogP contribution in [0.3, 0.4) is 0 Å². The number of rotatable bonds is 3. The number of carbonyl (C=O) groups excluding carboxylic acids is 3. The molecule has 1 aliphatic heterocycles. The van der Waals surface area contributed by atoms with Gasteiger partial charge in [-0.05, 0) is 42.5 Å². The molecule has 1 unspecified atom stereocenters. The number of hydrogen-bond acceptors (Lipinski definition) is 4. The molecule has 0 radical (unpaired) electrons. The molecule has 0 bridgehead atoms. The van der Waals surface area contributed by atoms with Gasteiger partial charge < -0.3 is 5.11 Å². The molecule has 1 saturated heterocycles. The molecule has 1 heterocycles. The SMILES string of the molecule is O=C1CCC(CC2=CC(=O)c3cc(CO)ccc3C2)C(=O)N1. The third-order valence-corrected chi connectivity index (χ3v) is 4.24. The maximum absolute atomic E-state index is 12.2. The van der Waals surface area contributed by atoms with Crippen LogP contribution in [0.5, 0.6) is 0 Å². The fourth-order valence-corrected chi connectivity index (χ4v) is 3.05. The Hall–Kier alpha value is -2.27. The first kappa shape index (κ1) is 14.7.